The second-order valence-electron chi connectivity index (χ2n) is 4.18. The molecule has 1 aromatic rings. The van der Waals surface area contributed by atoms with Crippen molar-refractivity contribution in [1.29, 1.82) is 5.26 Å². The van der Waals surface area contributed by atoms with Crippen LogP contribution in [0.25, 0.3) is 0 Å². The van der Waals surface area contributed by atoms with Crippen molar-refractivity contribution in [3.05, 3.63) is 29.6 Å². The Hall–Kier alpha value is -1.98. The van der Waals surface area contributed by atoms with Gasteiger partial charge in [0.25, 0.3) is 0 Å². The minimum absolute atomic E-state index is 0.0891. The van der Waals surface area contributed by atoms with Crippen molar-refractivity contribution in [2.45, 2.75) is 30.7 Å². The monoisotopic (exact) mass is 300 g/mol. The highest BCUT2D eigenvalue weighted by Gasteiger charge is 2.23. The van der Waals surface area contributed by atoms with Gasteiger partial charge in [0.2, 0.25) is 10.0 Å². The zero-order valence-corrected chi connectivity index (χ0v) is 11.4. The van der Waals surface area contributed by atoms with Gasteiger partial charge in [0, 0.05) is 12.5 Å². The number of rotatable bonds is 6. The number of carboxylic acids is 1. The fourth-order valence-corrected chi connectivity index (χ4v) is 3.01. The molecule has 0 aliphatic carbocycles. The van der Waals surface area contributed by atoms with E-state index in [0.717, 1.165) is 12.1 Å². The van der Waals surface area contributed by atoms with Crippen molar-refractivity contribution >= 4 is 16.0 Å². The Morgan fingerprint density at radius 2 is 2.20 bits per heavy atom. The summed E-state index contributed by atoms with van der Waals surface area (Å²) in [6.45, 7) is 1.49. The summed E-state index contributed by atoms with van der Waals surface area (Å²) in [4.78, 5) is 9.96. The Morgan fingerprint density at radius 3 is 2.75 bits per heavy atom. The van der Waals surface area contributed by atoms with E-state index in [9.17, 15) is 17.6 Å². The fraction of sp³-hybridized carbons (Fsp3) is 0.333. The predicted octanol–water partition coefficient (Wildman–Crippen LogP) is 1.23. The largest absolute Gasteiger partial charge is 0.481 e. The zero-order valence-electron chi connectivity index (χ0n) is 10.6. The minimum atomic E-state index is -4.08. The van der Waals surface area contributed by atoms with Crippen LogP contribution in [0, 0.1) is 17.1 Å². The number of nitrogens with one attached hydrogen (secondary N) is 1. The van der Waals surface area contributed by atoms with Crippen LogP contribution in [0.2, 0.25) is 0 Å². The highest BCUT2D eigenvalue weighted by Crippen LogP contribution is 2.18. The molecule has 0 aliphatic heterocycles. The standard InChI is InChI=1S/C12H13FN2O4S/c1-8(5-6-12(16)17)15-20(18,19)11-4-2-3-10(13)9(11)7-14/h2-4,8,15H,5-6H2,1H3,(H,16,17). The number of nitrogens with zero attached hydrogens (tertiary/aromatic N) is 1. The van der Waals surface area contributed by atoms with E-state index in [1.54, 1.807) is 0 Å². The van der Waals surface area contributed by atoms with Gasteiger partial charge in [-0.2, -0.15) is 5.26 Å². The molecule has 2 N–H and O–H groups in total. The SMILES string of the molecule is CC(CCC(=O)O)NS(=O)(=O)c1cccc(F)c1C#N. The van der Waals surface area contributed by atoms with Crippen molar-refractivity contribution in [1.82, 2.24) is 4.72 Å². The second-order valence-corrected chi connectivity index (χ2v) is 5.86. The number of halogens is 1. The zero-order chi connectivity index (χ0) is 15.3. The fourth-order valence-electron chi connectivity index (χ4n) is 1.56. The van der Waals surface area contributed by atoms with Crippen LogP contribution < -0.4 is 4.72 Å². The third kappa shape index (κ3) is 4.01. The average Bonchev–Trinajstić information content (AvgIpc) is 2.35. The maximum absolute atomic E-state index is 13.4. The van der Waals surface area contributed by atoms with E-state index in [0.29, 0.717) is 0 Å². The summed E-state index contributed by atoms with van der Waals surface area (Å²) in [5, 5.41) is 17.3. The van der Waals surface area contributed by atoms with E-state index in [1.807, 2.05) is 0 Å². The van der Waals surface area contributed by atoms with E-state index >= 15 is 0 Å². The molecule has 1 aromatic carbocycles. The van der Waals surface area contributed by atoms with E-state index in [2.05, 4.69) is 4.72 Å². The molecule has 1 atom stereocenters. The van der Waals surface area contributed by atoms with Gasteiger partial charge in [0.15, 0.2) is 0 Å². The third-order valence-electron chi connectivity index (χ3n) is 2.52. The number of carbonyl (C=O) groups is 1. The summed E-state index contributed by atoms with van der Waals surface area (Å²) in [5.74, 6) is -1.96. The Morgan fingerprint density at radius 1 is 1.55 bits per heavy atom. The van der Waals surface area contributed by atoms with Crippen LogP contribution in [-0.2, 0) is 14.8 Å². The maximum Gasteiger partial charge on any atom is 0.303 e. The Kier molecular flexibility index (Phi) is 5.19. The minimum Gasteiger partial charge on any atom is -0.481 e. The molecule has 0 bridgehead atoms. The molecule has 0 fully saturated rings. The highest BCUT2D eigenvalue weighted by molar-refractivity contribution is 7.89. The van der Waals surface area contributed by atoms with Crippen LogP contribution >= 0.6 is 0 Å². The van der Waals surface area contributed by atoms with Crippen molar-refractivity contribution in [2.75, 3.05) is 0 Å². The molecule has 1 unspecified atom stereocenters. The number of hydrogen-bond donors (Lipinski definition) is 2. The van der Waals surface area contributed by atoms with Gasteiger partial charge in [-0.25, -0.2) is 17.5 Å². The van der Waals surface area contributed by atoms with Gasteiger partial charge in [0.05, 0.1) is 0 Å². The van der Waals surface area contributed by atoms with Gasteiger partial charge in [-0.05, 0) is 25.5 Å². The van der Waals surface area contributed by atoms with Crippen molar-refractivity contribution in [3.63, 3.8) is 0 Å². The highest BCUT2D eigenvalue weighted by atomic mass is 32.2. The summed E-state index contributed by atoms with van der Waals surface area (Å²) < 4.78 is 39.7. The number of carboxylic acid groups (broad SMARTS) is 1. The summed E-state index contributed by atoms with van der Waals surface area (Å²) in [6.07, 6.45) is -0.107. The molecule has 6 nitrogen and oxygen atoms in total. The van der Waals surface area contributed by atoms with Gasteiger partial charge in [-0.15, -0.1) is 0 Å². The first kappa shape index (κ1) is 16.1. The van der Waals surface area contributed by atoms with Gasteiger partial charge in [-0.3, -0.25) is 4.79 Å². The predicted molar refractivity (Wildman–Crippen MR) is 67.8 cm³/mol. The number of aliphatic carboxylic acids is 1. The lowest BCUT2D eigenvalue weighted by atomic mass is 10.2. The molecular weight excluding hydrogens is 287 g/mol. The molecule has 0 aromatic heterocycles. The van der Waals surface area contributed by atoms with Crippen LogP contribution in [0.5, 0.6) is 0 Å². The average molecular weight is 300 g/mol. The van der Waals surface area contributed by atoms with Crippen LogP contribution in [0.4, 0.5) is 4.39 Å². The molecule has 0 heterocycles. The van der Waals surface area contributed by atoms with Gasteiger partial charge in [0.1, 0.15) is 22.3 Å². The molecule has 108 valence electrons. The first-order valence-electron chi connectivity index (χ1n) is 5.70. The Labute approximate surface area is 115 Å². The van der Waals surface area contributed by atoms with Gasteiger partial charge in [-0.1, -0.05) is 6.07 Å². The normalized spacial score (nSPS) is 12.7. The molecule has 0 spiro atoms. The molecule has 0 saturated carbocycles. The smallest absolute Gasteiger partial charge is 0.303 e. The Balaban J connectivity index is 2.98. The number of hydrogen-bond acceptors (Lipinski definition) is 4. The van der Waals surface area contributed by atoms with E-state index in [4.69, 9.17) is 10.4 Å². The third-order valence-corrected chi connectivity index (χ3v) is 4.16. The second kappa shape index (κ2) is 6.45. The molecule has 0 amide bonds. The molecular formula is C12H13FN2O4S. The van der Waals surface area contributed by atoms with Gasteiger partial charge < -0.3 is 5.11 Å². The molecule has 0 saturated heterocycles. The van der Waals surface area contributed by atoms with Crippen LogP contribution in [0.3, 0.4) is 0 Å². The number of nitriles is 1. The summed E-state index contributed by atoms with van der Waals surface area (Å²) in [5.41, 5.74) is -0.564. The lowest BCUT2D eigenvalue weighted by Crippen LogP contribution is -2.33. The lowest BCUT2D eigenvalue weighted by Gasteiger charge is -2.14. The molecule has 20 heavy (non-hydrogen) atoms. The summed E-state index contributed by atoms with van der Waals surface area (Å²) >= 11 is 0. The van der Waals surface area contributed by atoms with Crippen LogP contribution in [-0.4, -0.2) is 25.5 Å². The first-order chi connectivity index (χ1) is 9.27. The molecule has 0 aliphatic rings. The van der Waals surface area contributed by atoms with E-state index in [-0.39, 0.29) is 12.8 Å². The number of benzene rings is 1. The Bertz CT molecular complexity index is 652. The quantitative estimate of drug-likeness (QED) is 0.821. The van der Waals surface area contributed by atoms with Crippen LogP contribution in [0.1, 0.15) is 25.3 Å². The van der Waals surface area contributed by atoms with Crippen LogP contribution in [0.15, 0.2) is 23.1 Å². The number of sulfonamides is 1. The molecule has 0 radical (unpaired) electrons. The van der Waals surface area contributed by atoms with Gasteiger partial charge >= 0.3 is 5.97 Å². The molecule has 8 heteroatoms. The first-order valence-corrected chi connectivity index (χ1v) is 7.19. The summed E-state index contributed by atoms with van der Waals surface area (Å²) in [6, 6.07) is 4.16. The lowest BCUT2D eigenvalue weighted by molar-refractivity contribution is -0.137. The molecule has 1 rings (SSSR count). The van der Waals surface area contributed by atoms with Crippen molar-refractivity contribution < 1.29 is 22.7 Å². The van der Waals surface area contributed by atoms with E-state index in [1.165, 1.54) is 19.1 Å². The maximum atomic E-state index is 13.4. The van der Waals surface area contributed by atoms with Crippen molar-refractivity contribution in [2.24, 2.45) is 0 Å². The van der Waals surface area contributed by atoms with Crippen molar-refractivity contribution in [3.8, 4) is 6.07 Å². The van der Waals surface area contributed by atoms with E-state index < -0.39 is 38.3 Å². The summed E-state index contributed by atoms with van der Waals surface area (Å²) in [7, 11) is -4.08. The topological polar surface area (TPSA) is 107 Å².